The van der Waals surface area contributed by atoms with Gasteiger partial charge in [0.15, 0.2) is 0 Å². The lowest BCUT2D eigenvalue weighted by Crippen LogP contribution is -2.53. The lowest BCUT2D eigenvalue weighted by molar-refractivity contribution is 0.179. The molecule has 0 spiro atoms. The standard InChI is InChI=1S/C12H23N3O2S/c16-18(17,12-2-1-5-13-10-12)15-8-6-14(7-9-15)11-3-4-11/h11-13H,1-10H2. The third-order valence-corrected chi connectivity index (χ3v) is 6.70. The van der Waals surface area contributed by atoms with Crippen LogP contribution in [0, 0.1) is 0 Å². The molecular formula is C12H23N3O2S. The van der Waals surface area contributed by atoms with E-state index >= 15 is 0 Å². The summed E-state index contributed by atoms with van der Waals surface area (Å²) in [6, 6.07) is 0.756. The van der Waals surface area contributed by atoms with Crippen LogP contribution in [0.2, 0.25) is 0 Å². The van der Waals surface area contributed by atoms with Gasteiger partial charge in [0, 0.05) is 38.8 Å². The minimum Gasteiger partial charge on any atom is -0.315 e. The van der Waals surface area contributed by atoms with E-state index in [-0.39, 0.29) is 5.25 Å². The minimum absolute atomic E-state index is 0.196. The average molecular weight is 273 g/mol. The molecule has 5 nitrogen and oxygen atoms in total. The first-order valence-electron chi connectivity index (χ1n) is 7.11. The molecule has 1 N–H and O–H groups in total. The van der Waals surface area contributed by atoms with Crippen LogP contribution in [-0.4, -0.2) is 68.2 Å². The Morgan fingerprint density at radius 1 is 1.00 bits per heavy atom. The molecule has 3 rings (SSSR count). The quantitative estimate of drug-likeness (QED) is 0.777. The minimum atomic E-state index is -3.07. The molecule has 0 radical (unpaired) electrons. The van der Waals surface area contributed by atoms with E-state index in [1.165, 1.54) is 12.8 Å². The molecule has 1 saturated carbocycles. The summed E-state index contributed by atoms with van der Waals surface area (Å²) in [5.41, 5.74) is 0. The smallest absolute Gasteiger partial charge is 0.218 e. The summed E-state index contributed by atoms with van der Waals surface area (Å²) in [6.07, 6.45) is 4.41. The summed E-state index contributed by atoms with van der Waals surface area (Å²) in [4.78, 5) is 2.45. The van der Waals surface area contributed by atoms with E-state index in [0.717, 1.165) is 38.5 Å². The van der Waals surface area contributed by atoms with Crippen LogP contribution in [0.25, 0.3) is 0 Å². The Hall–Kier alpha value is -0.170. The molecule has 1 atom stereocenters. The van der Waals surface area contributed by atoms with Crippen LogP contribution in [0.1, 0.15) is 25.7 Å². The highest BCUT2D eigenvalue weighted by atomic mass is 32.2. The van der Waals surface area contributed by atoms with Gasteiger partial charge in [0.2, 0.25) is 10.0 Å². The summed E-state index contributed by atoms with van der Waals surface area (Å²) in [5.74, 6) is 0. The molecule has 0 aromatic carbocycles. The molecule has 0 bridgehead atoms. The maximum atomic E-state index is 12.5. The fourth-order valence-corrected chi connectivity index (χ4v) is 4.93. The predicted molar refractivity (Wildman–Crippen MR) is 71.0 cm³/mol. The van der Waals surface area contributed by atoms with Crippen LogP contribution in [-0.2, 0) is 10.0 Å². The van der Waals surface area contributed by atoms with Crippen LogP contribution in [0.15, 0.2) is 0 Å². The first kappa shape index (κ1) is 12.8. The molecule has 0 amide bonds. The predicted octanol–water partition coefficient (Wildman–Crippen LogP) is -0.152. The van der Waals surface area contributed by atoms with Gasteiger partial charge in [-0.3, -0.25) is 4.90 Å². The van der Waals surface area contributed by atoms with Crippen molar-refractivity contribution in [2.45, 2.75) is 37.0 Å². The second-order valence-corrected chi connectivity index (χ2v) is 7.89. The third kappa shape index (κ3) is 2.57. The van der Waals surface area contributed by atoms with Crippen molar-refractivity contribution in [1.82, 2.24) is 14.5 Å². The molecule has 2 saturated heterocycles. The monoisotopic (exact) mass is 273 g/mol. The zero-order chi connectivity index (χ0) is 12.6. The second-order valence-electron chi connectivity index (χ2n) is 5.68. The SMILES string of the molecule is O=S(=O)(C1CCCNC1)N1CCN(C2CC2)CC1. The van der Waals surface area contributed by atoms with Crippen molar-refractivity contribution in [3.8, 4) is 0 Å². The van der Waals surface area contributed by atoms with Crippen LogP contribution in [0.3, 0.4) is 0 Å². The zero-order valence-corrected chi connectivity index (χ0v) is 11.7. The number of hydrogen-bond acceptors (Lipinski definition) is 4. The van der Waals surface area contributed by atoms with Crippen molar-refractivity contribution >= 4 is 10.0 Å². The number of nitrogens with zero attached hydrogens (tertiary/aromatic N) is 2. The Bertz CT molecular complexity index is 380. The molecule has 0 aromatic rings. The lowest BCUT2D eigenvalue weighted by atomic mass is 10.2. The van der Waals surface area contributed by atoms with Crippen LogP contribution >= 0.6 is 0 Å². The van der Waals surface area contributed by atoms with Crippen molar-refractivity contribution in [3.05, 3.63) is 0 Å². The van der Waals surface area contributed by atoms with Crippen molar-refractivity contribution in [2.24, 2.45) is 0 Å². The number of sulfonamides is 1. The number of piperidine rings is 1. The zero-order valence-electron chi connectivity index (χ0n) is 10.8. The van der Waals surface area contributed by atoms with Gasteiger partial charge in [-0.05, 0) is 32.2 Å². The largest absolute Gasteiger partial charge is 0.315 e. The summed E-state index contributed by atoms with van der Waals surface area (Å²) in [5, 5.41) is 3.01. The van der Waals surface area contributed by atoms with Crippen LogP contribution in [0.4, 0.5) is 0 Å². The van der Waals surface area contributed by atoms with E-state index in [4.69, 9.17) is 0 Å². The summed E-state index contributed by atoms with van der Waals surface area (Å²) in [7, 11) is -3.07. The van der Waals surface area contributed by atoms with E-state index in [1.54, 1.807) is 4.31 Å². The molecule has 1 unspecified atom stereocenters. The van der Waals surface area contributed by atoms with E-state index in [0.29, 0.717) is 19.6 Å². The highest BCUT2D eigenvalue weighted by molar-refractivity contribution is 7.89. The van der Waals surface area contributed by atoms with Crippen molar-refractivity contribution < 1.29 is 8.42 Å². The van der Waals surface area contributed by atoms with Crippen molar-refractivity contribution in [1.29, 1.82) is 0 Å². The molecule has 18 heavy (non-hydrogen) atoms. The third-order valence-electron chi connectivity index (χ3n) is 4.37. The summed E-state index contributed by atoms with van der Waals surface area (Å²) >= 11 is 0. The van der Waals surface area contributed by atoms with Crippen LogP contribution < -0.4 is 5.32 Å². The van der Waals surface area contributed by atoms with E-state index < -0.39 is 10.0 Å². The van der Waals surface area contributed by atoms with Gasteiger partial charge >= 0.3 is 0 Å². The molecule has 104 valence electrons. The maximum absolute atomic E-state index is 12.5. The first-order chi connectivity index (χ1) is 8.68. The number of nitrogens with one attached hydrogen (secondary N) is 1. The van der Waals surface area contributed by atoms with Gasteiger partial charge in [0.05, 0.1) is 5.25 Å². The lowest BCUT2D eigenvalue weighted by Gasteiger charge is -2.36. The Kier molecular flexibility index (Phi) is 3.62. The van der Waals surface area contributed by atoms with Gasteiger partial charge in [-0.2, -0.15) is 4.31 Å². The van der Waals surface area contributed by atoms with Crippen molar-refractivity contribution in [2.75, 3.05) is 39.3 Å². The highest BCUT2D eigenvalue weighted by Gasteiger charge is 2.37. The highest BCUT2D eigenvalue weighted by Crippen LogP contribution is 2.28. The van der Waals surface area contributed by atoms with Gasteiger partial charge in [-0.15, -0.1) is 0 Å². The Labute approximate surface area is 110 Å². The number of rotatable bonds is 3. The normalized spacial score (nSPS) is 32.6. The number of hydrogen-bond donors (Lipinski definition) is 1. The molecule has 0 aromatic heterocycles. The van der Waals surface area contributed by atoms with E-state index in [1.807, 2.05) is 0 Å². The van der Waals surface area contributed by atoms with Crippen molar-refractivity contribution in [3.63, 3.8) is 0 Å². The Balaban J connectivity index is 1.59. The first-order valence-corrected chi connectivity index (χ1v) is 8.62. The van der Waals surface area contributed by atoms with E-state index in [9.17, 15) is 8.42 Å². The fourth-order valence-electron chi connectivity index (χ4n) is 3.05. The van der Waals surface area contributed by atoms with Crippen LogP contribution in [0.5, 0.6) is 0 Å². The van der Waals surface area contributed by atoms with Gasteiger partial charge in [-0.25, -0.2) is 8.42 Å². The van der Waals surface area contributed by atoms with Gasteiger partial charge in [-0.1, -0.05) is 0 Å². The Morgan fingerprint density at radius 2 is 1.72 bits per heavy atom. The summed E-state index contributed by atoms with van der Waals surface area (Å²) in [6.45, 7) is 4.81. The number of piperazine rings is 1. The van der Waals surface area contributed by atoms with Gasteiger partial charge < -0.3 is 5.32 Å². The fraction of sp³-hybridized carbons (Fsp3) is 1.00. The molecular weight excluding hydrogens is 250 g/mol. The second kappa shape index (κ2) is 5.07. The van der Waals surface area contributed by atoms with Gasteiger partial charge in [0.1, 0.15) is 0 Å². The molecule has 2 aliphatic heterocycles. The maximum Gasteiger partial charge on any atom is 0.218 e. The summed E-state index contributed by atoms with van der Waals surface area (Å²) < 4.78 is 26.7. The molecule has 1 aliphatic carbocycles. The average Bonchev–Trinajstić information content (AvgIpc) is 3.24. The molecule has 6 heteroatoms. The Morgan fingerprint density at radius 3 is 2.28 bits per heavy atom. The van der Waals surface area contributed by atoms with Gasteiger partial charge in [0.25, 0.3) is 0 Å². The molecule has 3 aliphatic rings. The topological polar surface area (TPSA) is 52.7 Å². The molecule has 2 heterocycles. The van der Waals surface area contributed by atoms with E-state index in [2.05, 4.69) is 10.2 Å². The molecule has 3 fully saturated rings.